The average Bonchev–Trinajstić information content (AvgIpc) is 2.43. The molecule has 0 aromatic heterocycles. The standard InChI is InChI=1S/C15H20F4O2/c1-12-4-9-2-10(5-12)15(11(3-9)6-12)20-7-13(16,17)14(18,19)8-21-15/h9-11H,2-8H2,1H3. The molecule has 5 fully saturated rings. The topological polar surface area (TPSA) is 18.5 Å². The summed E-state index contributed by atoms with van der Waals surface area (Å²) in [5.74, 6) is -9.02. The zero-order valence-electron chi connectivity index (χ0n) is 12.0. The Kier molecular flexibility index (Phi) is 2.67. The molecule has 2 atom stereocenters. The van der Waals surface area contributed by atoms with Gasteiger partial charge in [0.15, 0.2) is 5.79 Å². The maximum atomic E-state index is 13.6. The molecular weight excluding hydrogens is 288 g/mol. The second kappa shape index (κ2) is 3.94. The third-order valence-corrected chi connectivity index (χ3v) is 6.13. The highest BCUT2D eigenvalue weighted by Gasteiger charge is 2.68. The number of halogens is 4. The fourth-order valence-electron chi connectivity index (χ4n) is 5.45. The molecule has 4 aliphatic carbocycles. The molecule has 6 heteroatoms. The van der Waals surface area contributed by atoms with Crippen molar-refractivity contribution in [3.63, 3.8) is 0 Å². The lowest BCUT2D eigenvalue weighted by atomic mass is 9.48. The maximum Gasteiger partial charge on any atom is 0.335 e. The molecular formula is C15H20F4O2. The Balaban J connectivity index is 1.67. The summed E-state index contributed by atoms with van der Waals surface area (Å²) < 4.78 is 65.1. The van der Waals surface area contributed by atoms with Crippen LogP contribution in [0.1, 0.15) is 39.0 Å². The van der Waals surface area contributed by atoms with Crippen LogP contribution >= 0.6 is 0 Å². The van der Waals surface area contributed by atoms with E-state index in [0.717, 1.165) is 32.1 Å². The highest BCUT2D eigenvalue weighted by Crippen LogP contribution is 2.65. The third kappa shape index (κ3) is 1.84. The van der Waals surface area contributed by atoms with Gasteiger partial charge in [0.05, 0.1) is 0 Å². The highest BCUT2D eigenvalue weighted by atomic mass is 19.3. The Labute approximate surface area is 121 Å². The second-order valence-corrected chi connectivity index (χ2v) is 7.86. The van der Waals surface area contributed by atoms with Gasteiger partial charge in [-0.25, -0.2) is 0 Å². The van der Waals surface area contributed by atoms with Crippen molar-refractivity contribution in [2.75, 3.05) is 13.2 Å². The van der Waals surface area contributed by atoms with Crippen LogP contribution in [0.4, 0.5) is 17.6 Å². The Morgan fingerprint density at radius 2 is 1.29 bits per heavy atom. The lowest BCUT2D eigenvalue weighted by Crippen LogP contribution is -2.62. The molecule has 5 rings (SSSR count). The van der Waals surface area contributed by atoms with Crippen molar-refractivity contribution < 1.29 is 27.0 Å². The van der Waals surface area contributed by atoms with E-state index in [-0.39, 0.29) is 17.3 Å². The van der Waals surface area contributed by atoms with Crippen molar-refractivity contribution in [1.29, 1.82) is 0 Å². The number of ether oxygens (including phenoxy) is 2. The predicted molar refractivity (Wildman–Crippen MR) is 66.2 cm³/mol. The molecule has 1 aliphatic heterocycles. The lowest BCUT2D eigenvalue weighted by Gasteiger charge is -2.63. The summed E-state index contributed by atoms with van der Waals surface area (Å²) in [6, 6.07) is 0. The van der Waals surface area contributed by atoms with Gasteiger partial charge in [-0.2, -0.15) is 17.6 Å². The summed E-state index contributed by atoms with van der Waals surface area (Å²) in [4.78, 5) is 0. The smallest absolute Gasteiger partial charge is 0.335 e. The molecule has 4 saturated carbocycles. The van der Waals surface area contributed by atoms with E-state index in [1.165, 1.54) is 0 Å². The van der Waals surface area contributed by atoms with Crippen molar-refractivity contribution in [3.8, 4) is 0 Å². The summed E-state index contributed by atoms with van der Waals surface area (Å²) in [7, 11) is 0. The Morgan fingerprint density at radius 3 is 1.71 bits per heavy atom. The molecule has 0 amide bonds. The molecule has 4 bridgehead atoms. The maximum absolute atomic E-state index is 13.6. The minimum Gasteiger partial charge on any atom is -0.343 e. The van der Waals surface area contributed by atoms with E-state index in [2.05, 4.69) is 6.92 Å². The molecule has 0 radical (unpaired) electrons. The molecule has 1 saturated heterocycles. The lowest BCUT2D eigenvalue weighted by molar-refractivity contribution is -0.346. The molecule has 1 heterocycles. The summed E-state index contributed by atoms with van der Waals surface area (Å²) in [6.45, 7) is -0.270. The van der Waals surface area contributed by atoms with Crippen LogP contribution in [0, 0.1) is 23.2 Å². The first-order valence-electron chi connectivity index (χ1n) is 7.69. The fourth-order valence-corrected chi connectivity index (χ4v) is 5.45. The van der Waals surface area contributed by atoms with Crippen LogP contribution in [0.15, 0.2) is 0 Å². The minimum absolute atomic E-state index is 0.0292. The number of hydrogen-bond acceptors (Lipinski definition) is 2. The predicted octanol–water partition coefficient (Wildman–Crippen LogP) is 3.85. The molecule has 5 aliphatic rings. The van der Waals surface area contributed by atoms with E-state index in [9.17, 15) is 17.6 Å². The number of rotatable bonds is 0. The van der Waals surface area contributed by atoms with Crippen molar-refractivity contribution in [2.24, 2.45) is 23.2 Å². The number of alkyl halides is 4. The van der Waals surface area contributed by atoms with E-state index >= 15 is 0 Å². The van der Waals surface area contributed by atoms with Gasteiger partial charge in [0.2, 0.25) is 0 Å². The van der Waals surface area contributed by atoms with Gasteiger partial charge in [0.25, 0.3) is 0 Å². The molecule has 120 valence electrons. The van der Waals surface area contributed by atoms with Crippen LogP contribution in [0.2, 0.25) is 0 Å². The van der Waals surface area contributed by atoms with Gasteiger partial charge in [0, 0.05) is 11.8 Å². The van der Waals surface area contributed by atoms with Crippen LogP contribution in [0.25, 0.3) is 0 Å². The van der Waals surface area contributed by atoms with Gasteiger partial charge in [-0.3, -0.25) is 0 Å². The van der Waals surface area contributed by atoms with Gasteiger partial charge in [-0.1, -0.05) is 6.92 Å². The Hall–Kier alpha value is -0.360. The molecule has 21 heavy (non-hydrogen) atoms. The summed E-state index contributed by atoms with van der Waals surface area (Å²) >= 11 is 0. The van der Waals surface area contributed by atoms with Gasteiger partial charge in [-0.15, -0.1) is 0 Å². The first-order chi connectivity index (χ1) is 9.66. The van der Waals surface area contributed by atoms with Crippen LogP contribution in [-0.2, 0) is 9.47 Å². The molecule has 0 aromatic rings. The highest BCUT2D eigenvalue weighted by molar-refractivity contribution is 5.09. The van der Waals surface area contributed by atoms with Gasteiger partial charge in [-0.05, 0) is 43.4 Å². The Bertz CT molecular complexity index is 429. The van der Waals surface area contributed by atoms with Crippen molar-refractivity contribution in [1.82, 2.24) is 0 Å². The summed E-state index contributed by atoms with van der Waals surface area (Å²) in [6.07, 6.45) is 4.52. The molecule has 0 aromatic carbocycles. The van der Waals surface area contributed by atoms with E-state index in [0.29, 0.717) is 5.92 Å². The molecule has 1 spiro atoms. The Morgan fingerprint density at radius 1 is 0.810 bits per heavy atom. The zero-order chi connectivity index (χ0) is 15.1. The average molecular weight is 308 g/mol. The van der Waals surface area contributed by atoms with Gasteiger partial charge < -0.3 is 9.47 Å². The van der Waals surface area contributed by atoms with Crippen LogP contribution in [-0.4, -0.2) is 30.8 Å². The van der Waals surface area contributed by atoms with Crippen molar-refractivity contribution in [3.05, 3.63) is 0 Å². The van der Waals surface area contributed by atoms with E-state index in [1.807, 2.05) is 0 Å². The summed E-state index contributed by atoms with van der Waals surface area (Å²) in [5.41, 5.74) is 0.200. The van der Waals surface area contributed by atoms with Crippen LogP contribution < -0.4 is 0 Å². The first kappa shape index (κ1) is 14.2. The monoisotopic (exact) mass is 308 g/mol. The minimum atomic E-state index is -4.16. The van der Waals surface area contributed by atoms with Crippen molar-refractivity contribution >= 4 is 0 Å². The first-order valence-corrected chi connectivity index (χ1v) is 7.69. The third-order valence-electron chi connectivity index (χ3n) is 6.13. The van der Waals surface area contributed by atoms with Crippen LogP contribution in [0.3, 0.4) is 0 Å². The SMILES string of the molecule is CC12CC3CC(C1)C1(OCC(F)(F)C(F)(F)CO1)C(C3)C2. The fraction of sp³-hybridized carbons (Fsp3) is 1.00. The summed E-state index contributed by atoms with van der Waals surface area (Å²) in [5, 5.41) is 0. The van der Waals surface area contributed by atoms with Crippen LogP contribution in [0.5, 0.6) is 0 Å². The second-order valence-electron chi connectivity index (χ2n) is 7.86. The number of hydrogen-bond donors (Lipinski definition) is 0. The quantitative estimate of drug-likeness (QED) is 0.633. The zero-order valence-corrected chi connectivity index (χ0v) is 12.0. The van der Waals surface area contributed by atoms with Gasteiger partial charge in [0.1, 0.15) is 13.2 Å². The van der Waals surface area contributed by atoms with Gasteiger partial charge >= 0.3 is 11.8 Å². The van der Waals surface area contributed by atoms with Crippen molar-refractivity contribution in [2.45, 2.75) is 56.7 Å². The van der Waals surface area contributed by atoms with E-state index < -0.39 is 30.8 Å². The normalized spacial score (nSPS) is 49.3. The molecule has 2 nitrogen and oxygen atoms in total. The largest absolute Gasteiger partial charge is 0.343 e. The molecule has 2 unspecified atom stereocenters. The van der Waals surface area contributed by atoms with E-state index in [4.69, 9.17) is 9.47 Å². The molecule has 0 N–H and O–H groups in total. The van der Waals surface area contributed by atoms with E-state index in [1.54, 1.807) is 0 Å².